The lowest BCUT2D eigenvalue weighted by Crippen LogP contribution is -1.85. The van der Waals surface area contributed by atoms with E-state index in [1.54, 1.807) is 0 Å². The molecule has 1 saturated carbocycles. The molecule has 1 aromatic rings. The molecule has 0 aromatic heterocycles. The summed E-state index contributed by atoms with van der Waals surface area (Å²) in [4.78, 5) is 0. The Labute approximate surface area is 82.1 Å². The van der Waals surface area contributed by atoms with E-state index in [4.69, 9.17) is 0 Å². The highest BCUT2D eigenvalue weighted by Gasteiger charge is 2.20. The Morgan fingerprint density at radius 2 is 1.83 bits per heavy atom. The molecule has 1 aliphatic rings. The smallest absolute Gasteiger partial charge is 0.0175 e. The molecule has 0 heterocycles. The van der Waals surface area contributed by atoms with Crippen LogP contribution in [0.4, 0.5) is 0 Å². The minimum Gasteiger partial charge on any atom is -0.0579 e. The molecule has 1 aromatic carbocycles. The largest absolute Gasteiger partial charge is 0.0579 e. The van der Waals surface area contributed by atoms with E-state index >= 15 is 0 Å². The maximum absolute atomic E-state index is 3.44. The van der Waals surface area contributed by atoms with E-state index in [1.165, 1.54) is 35.7 Å². The minimum absolute atomic E-state index is 1.05. The molecule has 1 fully saturated rings. The molecule has 2 rings (SSSR count). The van der Waals surface area contributed by atoms with Gasteiger partial charge < -0.3 is 0 Å². The molecule has 0 unspecified atom stereocenters. The fraction of sp³-hybridized carbons (Fsp3) is 0.455. The van der Waals surface area contributed by atoms with E-state index in [0.717, 1.165) is 5.92 Å². The summed E-state index contributed by atoms with van der Waals surface area (Å²) in [5.41, 5.74) is 1.48. The summed E-state index contributed by atoms with van der Waals surface area (Å²) < 4.78 is 1.18. The predicted molar refractivity (Wildman–Crippen MR) is 55.2 cm³/mol. The second kappa shape index (κ2) is 3.61. The van der Waals surface area contributed by atoms with Crippen LogP contribution in [0.3, 0.4) is 0 Å². The van der Waals surface area contributed by atoms with Gasteiger partial charge in [-0.1, -0.05) is 40.9 Å². The van der Waals surface area contributed by atoms with Gasteiger partial charge >= 0.3 is 0 Å². The highest BCUT2D eigenvalue weighted by Crippen LogP contribution is 2.33. The van der Waals surface area contributed by atoms with E-state index in [0.29, 0.717) is 0 Å². The Balaban J connectivity index is 1.89. The third-order valence-corrected chi connectivity index (χ3v) is 2.98. The van der Waals surface area contributed by atoms with Crippen LogP contribution in [-0.4, -0.2) is 0 Å². The van der Waals surface area contributed by atoms with Crippen molar-refractivity contribution in [3.8, 4) is 0 Å². The third kappa shape index (κ3) is 2.34. The number of hydrogen-bond donors (Lipinski definition) is 0. The first-order chi connectivity index (χ1) is 5.84. The summed E-state index contributed by atoms with van der Waals surface area (Å²) in [7, 11) is 0. The molecular formula is C11H13Br. The van der Waals surface area contributed by atoms with Gasteiger partial charge in [0, 0.05) is 4.47 Å². The summed E-state index contributed by atoms with van der Waals surface area (Å²) in [5.74, 6) is 1.05. The van der Waals surface area contributed by atoms with Gasteiger partial charge in [-0.15, -0.1) is 0 Å². The fourth-order valence-electron chi connectivity index (χ4n) is 1.43. The van der Waals surface area contributed by atoms with Gasteiger partial charge in [0.15, 0.2) is 0 Å². The van der Waals surface area contributed by atoms with Crippen LogP contribution < -0.4 is 0 Å². The Morgan fingerprint density at radius 1 is 1.17 bits per heavy atom. The van der Waals surface area contributed by atoms with Crippen molar-refractivity contribution in [2.24, 2.45) is 5.92 Å². The zero-order chi connectivity index (χ0) is 8.39. The highest BCUT2D eigenvalue weighted by atomic mass is 79.9. The quantitative estimate of drug-likeness (QED) is 0.734. The topological polar surface area (TPSA) is 0 Å². The van der Waals surface area contributed by atoms with Crippen LogP contribution in [0, 0.1) is 5.92 Å². The second-order valence-corrected chi connectivity index (χ2v) is 4.52. The molecule has 0 saturated heterocycles. The number of rotatable bonds is 3. The molecule has 0 spiro atoms. The lowest BCUT2D eigenvalue weighted by Gasteiger charge is -1.99. The molecule has 0 nitrogen and oxygen atoms in total. The van der Waals surface area contributed by atoms with E-state index in [-0.39, 0.29) is 0 Å². The zero-order valence-corrected chi connectivity index (χ0v) is 8.68. The van der Waals surface area contributed by atoms with Crippen molar-refractivity contribution in [3.05, 3.63) is 34.3 Å². The highest BCUT2D eigenvalue weighted by molar-refractivity contribution is 9.10. The van der Waals surface area contributed by atoms with Crippen molar-refractivity contribution in [2.75, 3.05) is 0 Å². The number of halogens is 1. The second-order valence-electron chi connectivity index (χ2n) is 3.61. The molecule has 1 heteroatoms. The van der Waals surface area contributed by atoms with E-state index in [2.05, 4.69) is 40.2 Å². The van der Waals surface area contributed by atoms with Crippen molar-refractivity contribution in [1.82, 2.24) is 0 Å². The molecule has 0 radical (unpaired) electrons. The fourth-order valence-corrected chi connectivity index (χ4v) is 1.69. The summed E-state index contributed by atoms with van der Waals surface area (Å²) in [6.07, 6.45) is 5.59. The van der Waals surface area contributed by atoms with Gasteiger partial charge in [0.2, 0.25) is 0 Å². The van der Waals surface area contributed by atoms with Crippen LogP contribution in [0.15, 0.2) is 28.7 Å². The van der Waals surface area contributed by atoms with Crippen LogP contribution in [0.25, 0.3) is 0 Å². The molecule has 0 bridgehead atoms. The standard InChI is InChI=1S/C11H13Br/c12-11-7-5-10(6-8-11)4-3-9-1-2-9/h5-9H,1-4H2. The van der Waals surface area contributed by atoms with Crippen LogP contribution in [0.1, 0.15) is 24.8 Å². The molecular weight excluding hydrogens is 212 g/mol. The van der Waals surface area contributed by atoms with Crippen molar-refractivity contribution in [2.45, 2.75) is 25.7 Å². The van der Waals surface area contributed by atoms with Gasteiger partial charge in [0.05, 0.1) is 0 Å². The van der Waals surface area contributed by atoms with Crippen molar-refractivity contribution in [3.63, 3.8) is 0 Å². The van der Waals surface area contributed by atoms with Crippen molar-refractivity contribution >= 4 is 15.9 Å². The summed E-state index contributed by atoms with van der Waals surface area (Å²) >= 11 is 3.44. The van der Waals surface area contributed by atoms with E-state index < -0.39 is 0 Å². The average molecular weight is 225 g/mol. The van der Waals surface area contributed by atoms with Crippen molar-refractivity contribution in [1.29, 1.82) is 0 Å². The van der Waals surface area contributed by atoms with E-state index in [9.17, 15) is 0 Å². The molecule has 0 N–H and O–H groups in total. The number of benzene rings is 1. The van der Waals surface area contributed by atoms with Crippen LogP contribution >= 0.6 is 15.9 Å². The van der Waals surface area contributed by atoms with E-state index in [1.807, 2.05) is 0 Å². The Morgan fingerprint density at radius 3 is 2.42 bits per heavy atom. The van der Waals surface area contributed by atoms with Gasteiger partial charge in [-0.3, -0.25) is 0 Å². The van der Waals surface area contributed by atoms with Crippen LogP contribution in [0.5, 0.6) is 0 Å². The third-order valence-electron chi connectivity index (χ3n) is 2.45. The van der Waals surface area contributed by atoms with Gasteiger partial charge in [0.25, 0.3) is 0 Å². The van der Waals surface area contributed by atoms with Gasteiger partial charge in [-0.2, -0.15) is 0 Å². The van der Waals surface area contributed by atoms with Crippen LogP contribution in [0.2, 0.25) is 0 Å². The molecule has 64 valence electrons. The number of hydrogen-bond acceptors (Lipinski definition) is 0. The lowest BCUT2D eigenvalue weighted by molar-refractivity contribution is 0.727. The summed E-state index contributed by atoms with van der Waals surface area (Å²) in [6.45, 7) is 0. The zero-order valence-electron chi connectivity index (χ0n) is 7.09. The summed E-state index contributed by atoms with van der Waals surface area (Å²) in [6, 6.07) is 8.68. The average Bonchev–Trinajstić information content (AvgIpc) is 2.87. The monoisotopic (exact) mass is 224 g/mol. The predicted octanol–water partition coefficient (Wildman–Crippen LogP) is 3.79. The van der Waals surface area contributed by atoms with Crippen LogP contribution in [-0.2, 0) is 6.42 Å². The first-order valence-corrected chi connectivity index (χ1v) is 5.38. The van der Waals surface area contributed by atoms with Gasteiger partial charge in [0.1, 0.15) is 0 Å². The summed E-state index contributed by atoms with van der Waals surface area (Å²) in [5, 5.41) is 0. The Kier molecular flexibility index (Phi) is 2.50. The lowest BCUT2D eigenvalue weighted by atomic mass is 10.1. The maximum Gasteiger partial charge on any atom is 0.0175 e. The molecule has 12 heavy (non-hydrogen) atoms. The van der Waals surface area contributed by atoms with Gasteiger partial charge in [-0.05, 0) is 36.5 Å². The Hall–Kier alpha value is -0.300. The first kappa shape index (κ1) is 8.31. The normalized spacial score (nSPS) is 16.4. The SMILES string of the molecule is Brc1ccc(CCC2CC2)cc1. The van der Waals surface area contributed by atoms with Gasteiger partial charge in [-0.25, -0.2) is 0 Å². The molecule has 0 atom stereocenters. The minimum atomic E-state index is 1.05. The molecule has 1 aliphatic carbocycles. The number of aryl methyl sites for hydroxylation is 1. The molecule has 0 amide bonds. The van der Waals surface area contributed by atoms with Crippen molar-refractivity contribution < 1.29 is 0 Å². The maximum atomic E-state index is 3.44. The molecule has 0 aliphatic heterocycles. The Bertz CT molecular complexity index is 246. The first-order valence-electron chi connectivity index (χ1n) is 4.59.